The number of fused-ring (bicyclic) bond motifs is 1. The number of aromatic nitrogens is 2. The number of methoxy groups -OCH3 is 4. The van der Waals surface area contributed by atoms with Crippen molar-refractivity contribution >= 4 is 22.7 Å². The van der Waals surface area contributed by atoms with Crippen LogP contribution in [-0.2, 0) is 5.75 Å². The van der Waals surface area contributed by atoms with Crippen molar-refractivity contribution < 1.29 is 18.9 Å². The fraction of sp³-hybridized carbons (Fsp3) is 0.259. The molecule has 4 aromatic rings. The van der Waals surface area contributed by atoms with Crippen LogP contribution in [-0.4, -0.2) is 38.0 Å². The molecule has 0 aliphatic heterocycles. The summed E-state index contributed by atoms with van der Waals surface area (Å²) in [5.74, 6) is 2.49. The van der Waals surface area contributed by atoms with Crippen molar-refractivity contribution in [2.24, 2.45) is 0 Å². The summed E-state index contributed by atoms with van der Waals surface area (Å²) in [6.07, 6.45) is 0. The fourth-order valence-corrected chi connectivity index (χ4v) is 4.81. The van der Waals surface area contributed by atoms with Crippen LogP contribution in [0, 0.1) is 13.8 Å². The van der Waals surface area contributed by atoms with E-state index in [1.54, 1.807) is 17.7 Å². The van der Waals surface area contributed by atoms with Gasteiger partial charge in [0.05, 0.1) is 39.5 Å². The van der Waals surface area contributed by atoms with Gasteiger partial charge >= 0.3 is 0 Å². The molecule has 0 unspecified atom stereocenters. The molecular formula is C27H28N2O5S. The van der Waals surface area contributed by atoms with Crippen LogP contribution in [0.4, 0.5) is 0 Å². The van der Waals surface area contributed by atoms with Crippen LogP contribution in [0.15, 0.2) is 58.5 Å². The van der Waals surface area contributed by atoms with Gasteiger partial charge in [-0.2, -0.15) is 0 Å². The normalized spacial score (nSPS) is 10.9. The summed E-state index contributed by atoms with van der Waals surface area (Å²) in [7, 11) is 6.18. The van der Waals surface area contributed by atoms with E-state index < -0.39 is 0 Å². The Morgan fingerprint density at radius 3 is 2.14 bits per heavy atom. The first-order valence-corrected chi connectivity index (χ1v) is 12.0. The molecule has 0 saturated heterocycles. The minimum atomic E-state index is -0.234. The lowest BCUT2D eigenvalue weighted by atomic mass is 10.1. The van der Waals surface area contributed by atoms with Gasteiger partial charge in [-0.05, 0) is 60.9 Å². The predicted molar refractivity (Wildman–Crippen MR) is 139 cm³/mol. The number of hydrogen-bond donors (Lipinski definition) is 0. The molecule has 0 aliphatic rings. The quantitative estimate of drug-likeness (QED) is 0.243. The summed E-state index contributed by atoms with van der Waals surface area (Å²) < 4.78 is 23.5. The third kappa shape index (κ3) is 4.66. The average molecular weight is 493 g/mol. The van der Waals surface area contributed by atoms with E-state index in [2.05, 4.69) is 32.0 Å². The van der Waals surface area contributed by atoms with Gasteiger partial charge in [0.1, 0.15) is 11.3 Å². The molecule has 35 heavy (non-hydrogen) atoms. The standard InChI is InChI=1S/C27H28N2O5S/c1-16-7-8-18(13-17(16)2)15-35-27-28-23-21(14-22(32-4)24(33-5)25(23)34-6)26(30)29(27)19-9-11-20(31-3)12-10-19/h7-14H,15H2,1-6H3. The molecule has 0 bridgehead atoms. The minimum Gasteiger partial charge on any atom is -0.497 e. The van der Waals surface area contributed by atoms with Gasteiger partial charge in [-0.15, -0.1) is 0 Å². The van der Waals surface area contributed by atoms with Gasteiger partial charge in [-0.1, -0.05) is 30.0 Å². The van der Waals surface area contributed by atoms with E-state index >= 15 is 0 Å². The number of ether oxygens (including phenoxy) is 4. The van der Waals surface area contributed by atoms with Gasteiger partial charge in [-0.3, -0.25) is 9.36 Å². The van der Waals surface area contributed by atoms with Crippen LogP contribution in [0.25, 0.3) is 16.6 Å². The molecule has 0 fully saturated rings. The van der Waals surface area contributed by atoms with Crippen LogP contribution in [0.5, 0.6) is 23.0 Å². The van der Waals surface area contributed by atoms with Crippen LogP contribution in [0.3, 0.4) is 0 Å². The average Bonchev–Trinajstić information content (AvgIpc) is 2.88. The van der Waals surface area contributed by atoms with Crippen molar-refractivity contribution in [1.29, 1.82) is 0 Å². The molecule has 1 aromatic heterocycles. The monoisotopic (exact) mass is 492 g/mol. The highest BCUT2D eigenvalue weighted by molar-refractivity contribution is 7.98. The smallest absolute Gasteiger partial charge is 0.266 e. The second-order valence-corrected chi connectivity index (χ2v) is 8.92. The molecular weight excluding hydrogens is 464 g/mol. The summed E-state index contributed by atoms with van der Waals surface area (Å²) in [5.41, 5.74) is 4.48. The maximum Gasteiger partial charge on any atom is 0.266 e. The fourth-order valence-electron chi connectivity index (χ4n) is 3.87. The third-order valence-corrected chi connectivity index (χ3v) is 6.92. The Balaban J connectivity index is 1.94. The minimum absolute atomic E-state index is 0.234. The second-order valence-electron chi connectivity index (χ2n) is 7.98. The lowest BCUT2D eigenvalue weighted by molar-refractivity contribution is 0.326. The number of nitrogens with zero attached hydrogens (tertiary/aromatic N) is 2. The summed E-state index contributed by atoms with van der Waals surface area (Å²) in [6.45, 7) is 4.18. The molecule has 8 heteroatoms. The largest absolute Gasteiger partial charge is 0.497 e. The second kappa shape index (κ2) is 10.3. The third-order valence-electron chi connectivity index (χ3n) is 5.91. The first-order valence-electron chi connectivity index (χ1n) is 11.0. The predicted octanol–water partition coefficient (Wildman–Crippen LogP) is 5.33. The lowest BCUT2D eigenvalue weighted by Gasteiger charge is -2.18. The lowest BCUT2D eigenvalue weighted by Crippen LogP contribution is -2.22. The summed E-state index contributed by atoms with van der Waals surface area (Å²) in [5, 5.41) is 0.905. The van der Waals surface area contributed by atoms with Gasteiger partial charge < -0.3 is 18.9 Å². The van der Waals surface area contributed by atoms with Gasteiger partial charge in [0.25, 0.3) is 5.56 Å². The van der Waals surface area contributed by atoms with E-state index in [0.29, 0.717) is 50.5 Å². The molecule has 0 aliphatic carbocycles. The molecule has 1 heterocycles. The van der Waals surface area contributed by atoms with E-state index in [9.17, 15) is 4.79 Å². The van der Waals surface area contributed by atoms with Crippen molar-refractivity contribution in [1.82, 2.24) is 9.55 Å². The van der Waals surface area contributed by atoms with Crippen molar-refractivity contribution in [3.8, 4) is 28.7 Å². The van der Waals surface area contributed by atoms with Crippen LogP contribution >= 0.6 is 11.8 Å². The number of aryl methyl sites for hydroxylation is 2. The van der Waals surface area contributed by atoms with Crippen LogP contribution in [0.1, 0.15) is 16.7 Å². The highest BCUT2D eigenvalue weighted by Crippen LogP contribution is 2.42. The van der Waals surface area contributed by atoms with E-state index in [0.717, 1.165) is 5.56 Å². The first kappa shape index (κ1) is 24.5. The zero-order valence-corrected chi connectivity index (χ0v) is 21.5. The Morgan fingerprint density at radius 2 is 1.54 bits per heavy atom. The molecule has 0 saturated carbocycles. The van der Waals surface area contributed by atoms with Crippen molar-refractivity contribution in [2.45, 2.75) is 24.8 Å². The van der Waals surface area contributed by atoms with Crippen LogP contribution < -0.4 is 24.5 Å². The number of hydrogen-bond acceptors (Lipinski definition) is 7. The van der Waals surface area contributed by atoms with Gasteiger partial charge in [0.2, 0.25) is 5.75 Å². The Morgan fingerprint density at radius 1 is 0.829 bits per heavy atom. The van der Waals surface area contributed by atoms with E-state index in [1.807, 2.05) is 24.3 Å². The van der Waals surface area contributed by atoms with E-state index in [1.165, 1.54) is 44.2 Å². The molecule has 7 nitrogen and oxygen atoms in total. The highest BCUT2D eigenvalue weighted by Gasteiger charge is 2.22. The van der Waals surface area contributed by atoms with Crippen molar-refractivity contribution in [3.05, 3.63) is 75.6 Å². The molecule has 3 aromatic carbocycles. The van der Waals surface area contributed by atoms with Gasteiger partial charge in [0.15, 0.2) is 16.7 Å². The number of benzene rings is 3. The first-order chi connectivity index (χ1) is 16.9. The van der Waals surface area contributed by atoms with E-state index in [-0.39, 0.29) is 5.56 Å². The van der Waals surface area contributed by atoms with Crippen molar-refractivity contribution in [3.63, 3.8) is 0 Å². The molecule has 4 rings (SSSR count). The topological polar surface area (TPSA) is 71.8 Å². The van der Waals surface area contributed by atoms with Gasteiger partial charge in [-0.25, -0.2) is 4.98 Å². The number of thioether (sulfide) groups is 1. The molecule has 0 amide bonds. The Bertz CT molecular complexity index is 1430. The zero-order valence-electron chi connectivity index (χ0n) is 20.7. The summed E-state index contributed by atoms with van der Waals surface area (Å²) in [4.78, 5) is 18.8. The van der Waals surface area contributed by atoms with E-state index in [4.69, 9.17) is 23.9 Å². The molecule has 0 radical (unpaired) electrons. The molecule has 0 atom stereocenters. The highest BCUT2D eigenvalue weighted by atomic mass is 32.2. The Hall–Kier alpha value is -3.65. The van der Waals surface area contributed by atoms with Crippen molar-refractivity contribution in [2.75, 3.05) is 28.4 Å². The Labute approximate surface area is 208 Å². The molecule has 182 valence electrons. The Kier molecular flexibility index (Phi) is 7.21. The maximum atomic E-state index is 13.9. The zero-order chi connectivity index (χ0) is 25.1. The van der Waals surface area contributed by atoms with Gasteiger partial charge in [0, 0.05) is 5.75 Å². The molecule has 0 N–H and O–H groups in total. The van der Waals surface area contributed by atoms with Crippen LogP contribution in [0.2, 0.25) is 0 Å². The summed E-state index contributed by atoms with van der Waals surface area (Å²) >= 11 is 1.48. The number of rotatable bonds is 8. The SMILES string of the molecule is COc1ccc(-n2c(SCc3ccc(C)c(C)c3)nc3c(OC)c(OC)c(OC)cc3c2=O)cc1. The molecule has 0 spiro atoms. The summed E-state index contributed by atoms with van der Waals surface area (Å²) in [6, 6.07) is 15.3. The maximum absolute atomic E-state index is 13.9.